The number of hydrogen-bond donors (Lipinski definition) is 1. The molecule has 1 rings (SSSR count). The molecule has 124 valence electrons. The molecule has 0 radical (unpaired) electrons. The Morgan fingerprint density at radius 2 is 2.10 bits per heavy atom. The quantitative estimate of drug-likeness (QED) is 0.734. The predicted molar refractivity (Wildman–Crippen MR) is 87.3 cm³/mol. The first-order valence-electron chi connectivity index (χ1n) is 8.51. The van der Waals surface area contributed by atoms with Crippen LogP contribution >= 0.6 is 0 Å². The third-order valence-corrected chi connectivity index (χ3v) is 5.01. The van der Waals surface area contributed by atoms with Crippen molar-refractivity contribution >= 4 is 5.97 Å². The van der Waals surface area contributed by atoms with Gasteiger partial charge in [0.05, 0.1) is 6.61 Å². The molecule has 0 aromatic carbocycles. The van der Waals surface area contributed by atoms with E-state index in [2.05, 4.69) is 24.1 Å². The Morgan fingerprint density at radius 1 is 1.38 bits per heavy atom. The number of likely N-dealkylation sites (tertiary alicyclic amines) is 1. The molecule has 0 saturated carbocycles. The van der Waals surface area contributed by atoms with Crippen LogP contribution in [0.4, 0.5) is 0 Å². The van der Waals surface area contributed by atoms with Crippen LogP contribution < -0.4 is 5.32 Å². The number of carbonyl (C=O) groups is 1. The van der Waals surface area contributed by atoms with Crippen molar-refractivity contribution in [1.82, 2.24) is 10.2 Å². The molecular weight excluding hydrogens is 264 g/mol. The second-order valence-corrected chi connectivity index (χ2v) is 6.83. The zero-order chi connectivity index (χ0) is 15.9. The van der Waals surface area contributed by atoms with Crippen molar-refractivity contribution < 1.29 is 9.53 Å². The number of carbonyl (C=O) groups excluding carboxylic acids is 1. The summed E-state index contributed by atoms with van der Waals surface area (Å²) in [5.41, 5.74) is -0.570. The van der Waals surface area contributed by atoms with Gasteiger partial charge in [-0.15, -0.1) is 0 Å². The fourth-order valence-electron chi connectivity index (χ4n) is 3.07. The van der Waals surface area contributed by atoms with E-state index in [-0.39, 0.29) is 5.97 Å². The van der Waals surface area contributed by atoms with Crippen molar-refractivity contribution in [3.63, 3.8) is 0 Å². The molecular formula is C17H34N2O2. The van der Waals surface area contributed by atoms with E-state index in [1.807, 2.05) is 20.9 Å². The Morgan fingerprint density at radius 3 is 2.67 bits per heavy atom. The fourth-order valence-corrected chi connectivity index (χ4v) is 3.07. The Labute approximate surface area is 130 Å². The molecule has 1 fully saturated rings. The Hall–Kier alpha value is -0.610. The minimum atomic E-state index is -0.570. The molecule has 0 aliphatic carbocycles. The number of esters is 1. The topological polar surface area (TPSA) is 41.6 Å². The standard InChI is InChI=1S/C17H34N2O2/c1-6-21-16(20)17(4,18-5)10-13-19-11-7-8-15(9-12-19)14(2)3/h14-15,18H,6-13H2,1-5H3. The summed E-state index contributed by atoms with van der Waals surface area (Å²) in [6, 6.07) is 0. The third-order valence-electron chi connectivity index (χ3n) is 5.01. The van der Waals surface area contributed by atoms with Crippen molar-refractivity contribution in [2.45, 2.75) is 58.9 Å². The van der Waals surface area contributed by atoms with Gasteiger partial charge in [-0.25, -0.2) is 0 Å². The van der Waals surface area contributed by atoms with E-state index in [0.29, 0.717) is 6.61 Å². The maximum Gasteiger partial charge on any atom is 0.326 e. The largest absolute Gasteiger partial charge is 0.465 e. The molecule has 4 heteroatoms. The fraction of sp³-hybridized carbons (Fsp3) is 0.941. The zero-order valence-electron chi connectivity index (χ0n) is 14.6. The van der Waals surface area contributed by atoms with Crippen LogP contribution in [0.15, 0.2) is 0 Å². The van der Waals surface area contributed by atoms with Crippen molar-refractivity contribution in [2.24, 2.45) is 11.8 Å². The van der Waals surface area contributed by atoms with Crippen LogP contribution in [-0.4, -0.2) is 49.7 Å². The van der Waals surface area contributed by atoms with E-state index in [1.54, 1.807) is 0 Å². The van der Waals surface area contributed by atoms with Crippen molar-refractivity contribution in [2.75, 3.05) is 33.3 Å². The first-order chi connectivity index (χ1) is 9.92. The number of ether oxygens (including phenoxy) is 1. The van der Waals surface area contributed by atoms with Gasteiger partial charge < -0.3 is 15.0 Å². The summed E-state index contributed by atoms with van der Waals surface area (Å²) in [4.78, 5) is 14.6. The molecule has 1 N–H and O–H groups in total. The highest BCUT2D eigenvalue weighted by Gasteiger charge is 2.33. The summed E-state index contributed by atoms with van der Waals surface area (Å²) in [5, 5.41) is 3.14. The first-order valence-corrected chi connectivity index (χ1v) is 8.51. The lowest BCUT2D eigenvalue weighted by Gasteiger charge is -2.30. The van der Waals surface area contributed by atoms with E-state index in [4.69, 9.17) is 4.74 Å². The van der Waals surface area contributed by atoms with Crippen LogP contribution in [0, 0.1) is 11.8 Å². The summed E-state index contributed by atoms with van der Waals surface area (Å²) < 4.78 is 5.19. The van der Waals surface area contributed by atoms with Gasteiger partial charge in [0.25, 0.3) is 0 Å². The van der Waals surface area contributed by atoms with Crippen molar-refractivity contribution in [1.29, 1.82) is 0 Å². The second kappa shape index (κ2) is 8.74. The number of nitrogens with one attached hydrogen (secondary N) is 1. The Bertz CT molecular complexity index is 320. The molecule has 2 unspecified atom stereocenters. The molecule has 0 aromatic rings. The lowest BCUT2D eigenvalue weighted by molar-refractivity contribution is -0.150. The third kappa shape index (κ3) is 5.59. The minimum absolute atomic E-state index is 0.137. The lowest BCUT2D eigenvalue weighted by atomic mass is 9.89. The van der Waals surface area contributed by atoms with Crippen LogP contribution in [-0.2, 0) is 9.53 Å². The zero-order valence-corrected chi connectivity index (χ0v) is 14.6. The molecule has 21 heavy (non-hydrogen) atoms. The normalized spacial score (nSPS) is 23.6. The molecule has 0 amide bonds. The Kier molecular flexibility index (Phi) is 7.67. The van der Waals surface area contributed by atoms with E-state index < -0.39 is 5.54 Å². The maximum atomic E-state index is 12.1. The van der Waals surface area contributed by atoms with Crippen molar-refractivity contribution in [3.8, 4) is 0 Å². The van der Waals surface area contributed by atoms with Crippen LogP contribution in [0.5, 0.6) is 0 Å². The Balaban J connectivity index is 2.47. The predicted octanol–water partition coefficient (Wildman–Crippen LogP) is 2.68. The number of nitrogens with zero attached hydrogens (tertiary/aromatic N) is 1. The number of likely N-dealkylation sites (N-methyl/N-ethyl adjacent to an activating group) is 1. The number of rotatable bonds is 7. The molecule has 0 aromatic heterocycles. The summed E-state index contributed by atoms with van der Waals surface area (Å²) in [5.74, 6) is 1.50. The lowest BCUT2D eigenvalue weighted by Crippen LogP contribution is -2.50. The first kappa shape index (κ1) is 18.4. The van der Waals surface area contributed by atoms with Crippen molar-refractivity contribution in [3.05, 3.63) is 0 Å². The second-order valence-electron chi connectivity index (χ2n) is 6.83. The van der Waals surface area contributed by atoms with Crippen LogP contribution in [0.3, 0.4) is 0 Å². The molecule has 4 nitrogen and oxygen atoms in total. The van der Waals surface area contributed by atoms with Gasteiger partial charge in [-0.05, 0) is 71.5 Å². The van der Waals surface area contributed by atoms with Gasteiger partial charge in [-0.1, -0.05) is 13.8 Å². The van der Waals surface area contributed by atoms with E-state index >= 15 is 0 Å². The molecule has 1 aliphatic heterocycles. The molecule has 0 bridgehead atoms. The minimum Gasteiger partial charge on any atom is -0.465 e. The molecule has 1 saturated heterocycles. The summed E-state index contributed by atoms with van der Waals surface area (Å²) in [6.45, 7) is 12.2. The SMILES string of the molecule is CCOC(=O)C(C)(CCN1CCCC(C(C)C)CC1)NC. The molecule has 1 heterocycles. The van der Waals surface area contributed by atoms with E-state index in [1.165, 1.54) is 19.3 Å². The van der Waals surface area contributed by atoms with Crippen LogP contribution in [0.2, 0.25) is 0 Å². The van der Waals surface area contributed by atoms with Gasteiger partial charge in [0.2, 0.25) is 0 Å². The smallest absolute Gasteiger partial charge is 0.326 e. The van der Waals surface area contributed by atoms with E-state index in [9.17, 15) is 4.79 Å². The summed E-state index contributed by atoms with van der Waals surface area (Å²) in [6.07, 6.45) is 4.70. The highest BCUT2D eigenvalue weighted by Crippen LogP contribution is 2.25. The maximum absolute atomic E-state index is 12.1. The monoisotopic (exact) mass is 298 g/mol. The van der Waals surface area contributed by atoms with Gasteiger partial charge in [-0.3, -0.25) is 4.79 Å². The van der Waals surface area contributed by atoms with Gasteiger partial charge in [0, 0.05) is 6.54 Å². The summed E-state index contributed by atoms with van der Waals surface area (Å²) >= 11 is 0. The average molecular weight is 298 g/mol. The van der Waals surface area contributed by atoms with Gasteiger partial charge >= 0.3 is 5.97 Å². The van der Waals surface area contributed by atoms with Crippen LogP contribution in [0.25, 0.3) is 0 Å². The highest BCUT2D eigenvalue weighted by atomic mass is 16.5. The number of hydrogen-bond acceptors (Lipinski definition) is 4. The molecule has 2 atom stereocenters. The molecule has 0 spiro atoms. The van der Waals surface area contributed by atoms with Gasteiger partial charge in [-0.2, -0.15) is 0 Å². The van der Waals surface area contributed by atoms with Gasteiger partial charge in [0.15, 0.2) is 0 Å². The van der Waals surface area contributed by atoms with Gasteiger partial charge in [0.1, 0.15) is 5.54 Å². The van der Waals surface area contributed by atoms with E-state index in [0.717, 1.165) is 37.9 Å². The highest BCUT2D eigenvalue weighted by molar-refractivity contribution is 5.80. The average Bonchev–Trinajstić information content (AvgIpc) is 2.70. The summed E-state index contributed by atoms with van der Waals surface area (Å²) in [7, 11) is 1.84. The van der Waals surface area contributed by atoms with Crippen LogP contribution in [0.1, 0.15) is 53.4 Å². The molecule has 1 aliphatic rings.